The van der Waals surface area contributed by atoms with Crippen LogP contribution >= 0.6 is 11.3 Å². The third-order valence-corrected chi connectivity index (χ3v) is 6.13. The maximum absolute atomic E-state index is 11.9. The van der Waals surface area contributed by atoms with Crippen LogP contribution in [0.2, 0.25) is 0 Å². The standard InChI is InChI=1S/C21H36N4O2S/c1-20(2,3)27-19(26)25-16-11-9-15(10-12-16)24-18(22-6)23-14-21(4,5)17-8-7-13-28-17/h7-8,13,15-16H,9-12,14H2,1-6H3,(H,25,26)(H2,22,23,24). The summed E-state index contributed by atoms with van der Waals surface area (Å²) in [7, 11) is 1.81. The number of thiophene rings is 1. The van der Waals surface area contributed by atoms with Crippen LogP contribution in [-0.2, 0) is 10.2 Å². The zero-order valence-corrected chi connectivity index (χ0v) is 18.9. The number of ether oxygens (including phenoxy) is 1. The molecule has 3 N–H and O–H groups in total. The van der Waals surface area contributed by atoms with E-state index in [1.54, 1.807) is 11.3 Å². The van der Waals surface area contributed by atoms with Crippen molar-refractivity contribution in [2.24, 2.45) is 4.99 Å². The van der Waals surface area contributed by atoms with E-state index in [1.165, 1.54) is 4.88 Å². The molecule has 1 aromatic heterocycles. The van der Waals surface area contributed by atoms with Crippen molar-refractivity contribution in [3.63, 3.8) is 0 Å². The number of hydrogen-bond acceptors (Lipinski definition) is 4. The minimum Gasteiger partial charge on any atom is -0.444 e. The molecular formula is C21H36N4O2S. The minimum atomic E-state index is -0.460. The number of rotatable bonds is 5. The molecule has 2 rings (SSSR count). The van der Waals surface area contributed by atoms with E-state index in [9.17, 15) is 4.79 Å². The van der Waals surface area contributed by atoms with Crippen LogP contribution in [0.3, 0.4) is 0 Å². The smallest absolute Gasteiger partial charge is 0.407 e. The van der Waals surface area contributed by atoms with E-state index in [-0.39, 0.29) is 17.6 Å². The molecule has 1 amide bonds. The Labute approximate surface area is 173 Å². The zero-order chi connectivity index (χ0) is 20.8. The van der Waals surface area contributed by atoms with Gasteiger partial charge in [-0.1, -0.05) is 19.9 Å². The van der Waals surface area contributed by atoms with Gasteiger partial charge in [-0.2, -0.15) is 0 Å². The molecule has 0 unspecified atom stereocenters. The van der Waals surface area contributed by atoms with Crippen molar-refractivity contribution in [3.8, 4) is 0 Å². The third-order valence-electron chi connectivity index (χ3n) is 4.90. The summed E-state index contributed by atoms with van der Waals surface area (Å²) in [6.07, 6.45) is 3.55. The van der Waals surface area contributed by atoms with Crippen LogP contribution in [-0.4, -0.2) is 43.3 Å². The number of nitrogens with one attached hydrogen (secondary N) is 3. The molecule has 0 bridgehead atoms. The van der Waals surface area contributed by atoms with Gasteiger partial charge in [-0.15, -0.1) is 11.3 Å². The van der Waals surface area contributed by atoms with E-state index in [0.29, 0.717) is 6.04 Å². The second-order valence-corrected chi connectivity index (χ2v) is 10.1. The molecule has 0 aromatic carbocycles. The van der Waals surface area contributed by atoms with Gasteiger partial charge in [-0.3, -0.25) is 4.99 Å². The number of nitrogens with zero attached hydrogens (tertiary/aromatic N) is 1. The summed E-state index contributed by atoms with van der Waals surface area (Å²) in [4.78, 5) is 17.7. The Morgan fingerprint density at radius 2 is 1.75 bits per heavy atom. The maximum Gasteiger partial charge on any atom is 0.407 e. The summed E-state index contributed by atoms with van der Waals surface area (Å²) in [5.41, 5.74) is -0.404. The van der Waals surface area contributed by atoms with Crippen LogP contribution in [0.15, 0.2) is 22.5 Å². The lowest BCUT2D eigenvalue weighted by Gasteiger charge is -2.32. The topological polar surface area (TPSA) is 74.8 Å². The van der Waals surface area contributed by atoms with E-state index in [1.807, 2.05) is 27.8 Å². The Kier molecular flexibility index (Phi) is 7.75. The fourth-order valence-corrected chi connectivity index (χ4v) is 4.15. The highest BCUT2D eigenvalue weighted by atomic mass is 32.1. The largest absolute Gasteiger partial charge is 0.444 e. The zero-order valence-electron chi connectivity index (χ0n) is 18.1. The Balaban J connectivity index is 1.74. The lowest BCUT2D eigenvalue weighted by molar-refractivity contribution is 0.0490. The van der Waals surface area contributed by atoms with Gasteiger partial charge in [-0.25, -0.2) is 4.79 Å². The van der Waals surface area contributed by atoms with E-state index in [0.717, 1.165) is 38.2 Å². The predicted octanol–water partition coefficient (Wildman–Crippen LogP) is 4.03. The summed E-state index contributed by atoms with van der Waals surface area (Å²) >= 11 is 1.79. The van der Waals surface area contributed by atoms with Crippen molar-refractivity contribution in [2.45, 2.75) is 83.4 Å². The van der Waals surface area contributed by atoms with Crippen LogP contribution in [0.4, 0.5) is 4.79 Å². The molecular weight excluding hydrogens is 372 g/mol. The summed E-state index contributed by atoms with van der Waals surface area (Å²) in [5.74, 6) is 0.841. The van der Waals surface area contributed by atoms with Crippen molar-refractivity contribution < 1.29 is 9.53 Å². The van der Waals surface area contributed by atoms with Crippen LogP contribution < -0.4 is 16.0 Å². The Bertz CT molecular complexity index is 642. The minimum absolute atomic E-state index is 0.0563. The van der Waals surface area contributed by atoms with Gasteiger partial charge < -0.3 is 20.7 Å². The lowest BCUT2D eigenvalue weighted by Crippen LogP contribution is -2.49. The fraction of sp³-hybridized carbons (Fsp3) is 0.714. The summed E-state index contributed by atoms with van der Waals surface area (Å²) in [6.45, 7) is 10.9. The van der Waals surface area contributed by atoms with Crippen LogP contribution in [0, 0.1) is 0 Å². The summed E-state index contributed by atoms with van der Waals surface area (Å²) < 4.78 is 5.35. The number of carbonyl (C=O) groups excluding carboxylic acids is 1. The number of carbonyl (C=O) groups is 1. The molecule has 1 aliphatic carbocycles. The highest BCUT2D eigenvalue weighted by Crippen LogP contribution is 2.26. The molecule has 0 saturated heterocycles. The highest BCUT2D eigenvalue weighted by Gasteiger charge is 2.26. The highest BCUT2D eigenvalue weighted by molar-refractivity contribution is 7.10. The average molecular weight is 409 g/mol. The number of alkyl carbamates (subject to hydrolysis) is 1. The number of amides is 1. The van der Waals surface area contributed by atoms with E-state index >= 15 is 0 Å². The second-order valence-electron chi connectivity index (χ2n) is 9.13. The Morgan fingerprint density at radius 1 is 1.14 bits per heavy atom. The Hall–Kier alpha value is -1.76. The maximum atomic E-state index is 11.9. The molecule has 0 radical (unpaired) electrons. The van der Waals surface area contributed by atoms with Crippen molar-refractivity contribution in [3.05, 3.63) is 22.4 Å². The summed E-state index contributed by atoms with van der Waals surface area (Å²) in [6, 6.07) is 4.83. The molecule has 1 aromatic rings. The molecule has 1 aliphatic rings. The SMILES string of the molecule is CN=C(NCC(C)(C)c1cccs1)NC1CCC(NC(=O)OC(C)(C)C)CC1. The average Bonchev–Trinajstić information content (AvgIpc) is 3.14. The van der Waals surface area contributed by atoms with Gasteiger partial charge >= 0.3 is 6.09 Å². The summed E-state index contributed by atoms with van der Waals surface area (Å²) in [5, 5.41) is 12.1. The molecule has 0 spiro atoms. The molecule has 6 nitrogen and oxygen atoms in total. The third kappa shape index (κ3) is 7.34. The molecule has 1 heterocycles. The van der Waals surface area contributed by atoms with Gasteiger partial charge in [0.15, 0.2) is 5.96 Å². The van der Waals surface area contributed by atoms with Gasteiger partial charge in [0.1, 0.15) is 5.60 Å². The molecule has 0 atom stereocenters. The number of aliphatic imine (C=N–C) groups is 1. The lowest BCUT2D eigenvalue weighted by atomic mass is 9.91. The van der Waals surface area contributed by atoms with E-state index < -0.39 is 5.60 Å². The number of guanidine groups is 1. The normalized spacial score (nSPS) is 21.1. The first-order chi connectivity index (χ1) is 13.1. The monoisotopic (exact) mass is 408 g/mol. The second kappa shape index (κ2) is 9.63. The predicted molar refractivity (Wildman–Crippen MR) is 117 cm³/mol. The molecule has 7 heteroatoms. The van der Waals surface area contributed by atoms with E-state index in [4.69, 9.17) is 4.74 Å². The van der Waals surface area contributed by atoms with Crippen LogP contribution in [0.5, 0.6) is 0 Å². The van der Waals surface area contributed by atoms with Gasteiger partial charge in [-0.05, 0) is 57.9 Å². The first-order valence-electron chi connectivity index (χ1n) is 10.1. The quantitative estimate of drug-likeness (QED) is 0.508. The van der Waals surface area contributed by atoms with Gasteiger partial charge in [0.25, 0.3) is 0 Å². The molecule has 1 saturated carbocycles. The van der Waals surface area contributed by atoms with E-state index in [2.05, 4.69) is 52.3 Å². The van der Waals surface area contributed by atoms with Gasteiger partial charge in [0.2, 0.25) is 0 Å². The first kappa shape index (κ1) is 22.5. The molecule has 158 valence electrons. The molecule has 0 aliphatic heterocycles. The molecule has 1 fully saturated rings. The number of hydrogen-bond donors (Lipinski definition) is 3. The van der Waals surface area contributed by atoms with Gasteiger partial charge in [0, 0.05) is 36.0 Å². The van der Waals surface area contributed by atoms with Gasteiger partial charge in [0.05, 0.1) is 0 Å². The Morgan fingerprint density at radius 3 is 2.25 bits per heavy atom. The van der Waals surface area contributed by atoms with Crippen molar-refractivity contribution in [2.75, 3.05) is 13.6 Å². The fourth-order valence-electron chi connectivity index (χ4n) is 3.30. The van der Waals surface area contributed by atoms with Crippen LogP contribution in [0.25, 0.3) is 0 Å². The first-order valence-corrected chi connectivity index (χ1v) is 11.0. The molecule has 28 heavy (non-hydrogen) atoms. The van der Waals surface area contributed by atoms with Crippen molar-refractivity contribution in [1.29, 1.82) is 0 Å². The van der Waals surface area contributed by atoms with Crippen molar-refractivity contribution >= 4 is 23.4 Å². The van der Waals surface area contributed by atoms with Crippen LogP contribution in [0.1, 0.15) is 65.2 Å². The van der Waals surface area contributed by atoms with Crippen molar-refractivity contribution in [1.82, 2.24) is 16.0 Å².